The number of methoxy groups -OCH3 is 1. The Bertz CT molecular complexity index is 999. The molecule has 156 valence electrons. The maximum atomic E-state index is 12.9. The number of nitrogens with one attached hydrogen (secondary N) is 2. The van der Waals surface area contributed by atoms with Crippen LogP contribution in [0.2, 0.25) is 0 Å². The summed E-state index contributed by atoms with van der Waals surface area (Å²) in [5.41, 5.74) is 0.830. The minimum absolute atomic E-state index is 0.0649. The molecule has 8 nitrogen and oxygen atoms in total. The third kappa shape index (κ3) is 5.26. The third-order valence-electron chi connectivity index (χ3n) is 4.74. The summed E-state index contributed by atoms with van der Waals surface area (Å²) < 4.78 is 33.8. The van der Waals surface area contributed by atoms with E-state index >= 15 is 0 Å². The average Bonchev–Trinajstić information content (AvgIpc) is 3.39. The van der Waals surface area contributed by atoms with Crippen LogP contribution < -0.4 is 4.72 Å². The number of likely N-dealkylation sites (tertiary alicyclic amines) is 1. The fourth-order valence-electron chi connectivity index (χ4n) is 3.20. The van der Waals surface area contributed by atoms with Crippen molar-refractivity contribution < 1.29 is 22.7 Å². The second-order valence-electron chi connectivity index (χ2n) is 6.76. The quantitative estimate of drug-likeness (QED) is 0.588. The normalized spacial score (nSPS) is 15.3. The molecule has 2 heterocycles. The number of ether oxygens (including phenoxy) is 1. The first-order valence-electron chi connectivity index (χ1n) is 9.12. The smallest absolute Gasteiger partial charge is 0.307 e. The van der Waals surface area contributed by atoms with Gasteiger partial charge in [-0.1, -0.05) is 28.1 Å². The highest BCUT2D eigenvalue weighted by Crippen LogP contribution is 2.24. The zero-order chi connectivity index (χ0) is 21.0. The molecule has 10 heteroatoms. The van der Waals surface area contributed by atoms with E-state index in [1.54, 1.807) is 29.2 Å². The van der Waals surface area contributed by atoms with Gasteiger partial charge < -0.3 is 14.6 Å². The molecule has 0 radical (unpaired) electrons. The number of amides is 1. The van der Waals surface area contributed by atoms with Crippen molar-refractivity contribution in [2.75, 3.05) is 20.2 Å². The van der Waals surface area contributed by atoms with Crippen LogP contribution in [0.1, 0.15) is 41.4 Å². The number of sulfonamides is 1. The summed E-state index contributed by atoms with van der Waals surface area (Å²) in [7, 11) is -2.74. The third-order valence-corrected chi connectivity index (χ3v) is 6.68. The lowest BCUT2D eigenvalue weighted by Gasteiger charge is -2.18. The number of rotatable bonds is 7. The molecule has 0 spiro atoms. The molecule has 1 amide bonds. The van der Waals surface area contributed by atoms with Gasteiger partial charge in [0.2, 0.25) is 10.0 Å². The molecule has 0 aliphatic carbocycles. The fourth-order valence-corrected chi connectivity index (χ4v) is 4.83. The van der Waals surface area contributed by atoms with Gasteiger partial charge in [0.25, 0.3) is 5.91 Å². The molecule has 0 saturated carbocycles. The van der Waals surface area contributed by atoms with Crippen molar-refractivity contribution in [1.29, 1.82) is 0 Å². The summed E-state index contributed by atoms with van der Waals surface area (Å²) in [6, 6.07) is 7.50. The van der Waals surface area contributed by atoms with E-state index in [0.717, 1.165) is 17.3 Å². The lowest BCUT2D eigenvalue weighted by atomic mass is 10.1. The van der Waals surface area contributed by atoms with E-state index in [1.807, 2.05) is 0 Å². The molecule has 1 fully saturated rings. The lowest BCUT2D eigenvalue weighted by molar-refractivity contribution is -0.141. The second kappa shape index (κ2) is 9.10. The molecular weight excluding hydrogens is 462 g/mol. The molecule has 2 aromatic rings. The molecule has 1 aliphatic rings. The van der Waals surface area contributed by atoms with E-state index in [4.69, 9.17) is 4.74 Å². The largest absolute Gasteiger partial charge is 0.469 e. The summed E-state index contributed by atoms with van der Waals surface area (Å²) in [6.45, 7) is 1.34. The molecule has 1 aromatic carbocycles. The van der Waals surface area contributed by atoms with Crippen molar-refractivity contribution in [2.45, 2.75) is 30.2 Å². The van der Waals surface area contributed by atoms with Crippen LogP contribution in [-0.2, 0) is 19.6 Å². The number of nitrogens with zero attached hydrogens (tertiary/aromatic N) is 1. The summed E-state index contributed by atoms with van der Waals surface area (Å²) in [6.07, 6.45) is 3.00. The van der Waals surface area contributed by atoms with Crippen LogP contribution in [0.5, 0.6) is 0 Å². The maximum absolute atomic E-state index is 12.9. The van der Waals surface area contributed by atoms with Crippen molar-refractivity contribution in [2.24, 2.45) is 0 Å². The van der Waals surface area contributed by atoms with Crippen LogP contribution in [0, 0.1) is 0 Å². The van der Waals surface area contributed by atoms with Crippen molar-refractivity contribution in [1.82, 2.24) is 14.6 Å². The number of esters is 1. The molecule has 1 atom stereocenters. The van der Waals surface area contributed by atoms with Gasteiger partial charge in [-0.15, -0.1) is 0 Å². The Morgan fingerprint density at radius 1 is 1.28 bits per heavy atom. The van der Waals surface area contributed by atoms with Gasteiger partial charge in [0, 0.05) is 23.8 Å². The van der Waals surface area contributed by atoms with Gasteiger partial charge in [0.1, 0.15) is 10.6 Å². The predicted molar refractivity (Wildman–Crippen MR) is 110 cm³/mol. The SMILES string of the molecule is COC(=O)CC(NS(=O)(=O)c1c[nH]c(C(=O)N2CCCC2)c1)c1cccc(Br)c1. The van der Waals surface area contributed by atoms with Gasteiger partial charge in [-0.3, -0.25) is 9.59 Å². The molecule has 1 unspecified atom stereocenters. The molecule has 1 aromatic heterocycles. The highest BCUT2D eigenvalue weighted by atomic mass is 79.9. The Morgan fingerprint density at radius 3 is 2.66 bits per heavy atom. The summed E-state index contributed by atoms with van der Waals surface area (Å²) in [5, 5.41) is 0. The lowest BCUT2D eigenvalue weighted by Crippen LogP contribution is -2.30. The summed E-state index contributed by atoms with van der Waals surface area (Å²) >= 11 is 3.35. The van der Waals surface area contributed by atoms with Crippen LogP contribution in [0.4, 0.5) is 0 Å². The van der Waals surface area contributed by atoms with Crippen LogP contribution in [-0.4, -0.2) is 50.4 Å². The molecule has 1 aliphatic heterocycles. The van der Waals surface area contributed by atoms with Crippen molar-refractivity contribution in [3.05, 3.63) is 52.3 Å². The first-order chi connectivity index (χ1) is 13.8. The summed E-state index contributed by atoms with van der Waals surface area (Å²) in [5.74, 6) is -0.765. The number of benzene rings is 1. The standard InChI is InChI=1S/C19H22BrN3O5S/c1-28-18(24)11-16(13-5-4-6-14(20)9-13)22-29(26,27)15-10-17(21-12-15)19(25)23-7-2-3-8-23/h4-6,9-10,12,16,21-22H,2-3,7-8,11H2,1H3. The number of H-pyrrole nitrogens is 1. The van der Waals surface area contributed by atoms with Gasteiger partial charge >= 0.3 is 5.97 Å². The highest BCUT2D eigenvalue weighted by Gasteiger charge is 2.27. The van der Waals surface area contributed by atoms with Crippen LogP contribution >= 0.6 is 15.9 Å². The van der Waals surface area contributed by atoms with E-state index in [0.29, 0.717) is 18.7 Å². The first-order valence-corrected chi connectivity index (χ1v) is 11.4. The Morgan fingerprint density at radius 2 is 2.00 bits per heavy atom. The fraction of sp³-hybridized carbons (Fsp3) is 0.368. The monoisotopic (exact) mass is 483 g/mol. The van der Waals surface area contributed by atoms with E-state index in [2.05, 4.69) is 25.6 Å². The minimum Gasteiger partial charge on any atom is -0.469 e. The molecule has 29 heavy (non-hydrogen) atoms. The van der Waals surface area contributed by atoms with Crippen LogP contribution in [0.3, 0.4) is 0 Å². The number of aromatic nitrogens is 1. The van der Waals surface area contributed by atoms with Gasteiger partial charge in [-0.25, -0.2) is 13.1 Å². The predicted octanol–water partition coefficient (Wildman–Crippen LogP) is 2.60. The maximum Gasteiger partial charge on any atom is 0.307 e. The Kier molecular flexibility index (Phi) is 6.76. The van der Waals surface area contributed by atoms with E-state index in [1.165, 1.54) is 19.4 Å². The Balaban J connectivity index is 1.83. The summed E-state index contributed by atoms with van der Waals surface area (Å²) in [4.78, 5) is 28.7. The molecule has 0 bridgehead atoms. The van der Waals surface area contributed by atoms with Gasteiger partial charge in [-0.2, -0.15) is 0 Å². The topological polar surface area (TPSA) is 109 Å². The average molecular weight is 484 g/mol. The van der Waals surface area contributed by atoms with Gasteiger partial charge in [0.05, 0.1) is 19.6 Å². The van der Waals surface area contributed by atoms with Crippen molar-refractivity contribution >= 4 is 37.8 Å². The Labute approximate surface area is 177 Å². The highest BCUT2D eigenvalue weighted by molar-refractivity contribution is 9.10. The molecule has 3 rings (SSSR count). The van der Waals surface area contributed by atoms with E-state index in [9.17, 15) is 18.0 Å². The van der Waals surface area contributed by atoms with E-state index < -0.39 is 22.0 Å². The van der Waals surface area contributed by atoms with Crippen molar-refractivity contribution in [3.8, 4) is 0 Å². The number of hydrogen-bond donors (Lipinski definition) is 2. The van der Waals surface area contributed by atoms with Crippen LogP contribution in [0.25, 0.3) is 0 Å². The molecular formula is C19H22BrN3O5S. The number of carbonyl (C=O) groups excluding carboxylic acids is 2. The second-order valence-corrected chi connectivity index (χ2v) is 9.39. The Hall–Kier alpha value is -2.17. The number of carbonyl (C=O) groups is 2. The zero-order valence-corrected chi connectivity index (χ0v) is 18.3. The van der Waals surface area contributed by atoms with Crippen molar-refractivity contribution in [3.63, 3.8) is 0 Å². The van der Waals surface area contributed by atoms with Gasteiger partial charge in [0.15, 0.2) is 0 Å². The number of hydrogen-bond acceptors (Lipinski definition) is 5. The van der Waals surface area contributed by atoms with Gasteiger partial charge in [-0.05, 0) is 36.6 Å². The van der Waals surface area contributed by atoms with E-state index in [-0.39, 0.29) is 22.9 Å². The first kappa shape index (κ1) is 21.5. The molecule has 1 saturated heterocycles. The number of halogens is 1. The molecule has 2 N–H and O–H groups in total. The number of aromatic amines is 1. The van der Waals surface area contributed by atoms with Crippen LogP contribution in [0.15, 0.2) is 45.9 Å². The minimum atomic E-state index is -3.99. The zero-order valence-electron chi connectivity index (χ0n) is 15.9.